The molecule has 0 bridgehead atoms. The fraction of sp³-hybridized carbons (Fsp3) is 0.190. The quantitative estimate of drug-likeness (QED) is 0.571. The van der Waals surface area contributed by atoms with Crippen molar-refractivity contribution >= 4 is 56.7 Å². The molecule has 2 aromatic carbocycles. The number of sulfone groups is 1. The first-order valence-electron chi connectivity index (χ1n) is 9.77. The van der Waals surface area contributed by atoms with Crippen LogP contribution in [0.4, 0.5) is 16.5 Å². The molecule has 1 aromatic heterocycles. The van der Waals surface area contributed by atoms with Crippen LogP contribution in [0.25, 0.3) is 11.3 Å². The van der Waals surface area contributed by atoms with Gasteiger partial charge in [0.15, 0.2) is 21.3 Å². The van der Waals surface area contributed by atoms with E-state index in [2.05, 4.69) is 4.98 Å². The van der Waals surface area contributed by atoms with Crippen LogP contribution in [0.1, 0.15) is 10.5 Å². The molecule has 9 nitrogen and oxygen atoms in total. The van der Waals surface area contributed by atoms with Crippen molar-refractivity contribution in [3.63, 3.8) is 0 Å². The summed E-state index contributed by atoms with van der Waals surface area (Å²) in [4.78, 5) is 32.3. The third kappa shape index (κ3) is 4.82. The number of aromatic nitrogens is 1. The molecule has 4 rings (SSSR count). The second-order valence-electron chi connectivity index (χ2n) is 7.25. The zero-order valence-corrected chi connectivity index (χ0v) is 19.4. The lowest BCUT2D eigenvalue weighted by Gasteiger charge is -2.31. The lowest BCUT2D eigenvalue weighted by atomic mass is 10.1. The molecule has 1 aliphatic rings. The third-order valence-corrected chi connectivity index (χ3v) is 7.19. The van der Waals surface area contributed by atoms with Crippen molar-refractivity contribution in [2.24, 2.45) is 5.73 Å². The van der Waals surface area contributed by atoms with Crippen LogP contribution in [-0.2, 0) is 9.84 Å². The summed E-state index contributed by atoms with van der Waals surface area (Å²) in [6.07, 6.45) is 0. The average molecular weight is 509 g/mol. The number of primary amides is 1. The van der Waals surface area contributed by atoms with Gasteiger partial charge in [-0.15, -0.1) is 0 Å². The minimum Gasteiger partial charge on any atom is -0.422 e. The Kier molecular flexibility index (Phi) is 6.33. The maximum atomic E-state index is 13.4. The Morgan fingerprint density at radius 1 is 1.06 bits per heavy atom. The molecule has 1 saturated heterocycles. The van der Waals surface area contributed by atoms with Crippen LogP contribution in [0, 0.1) is 0 Å². The summed E-state index contributed by atoms with van der Waals surface area (Å²) in [7, 11) is -3.20. The minimum absolute atomic E-state index is 0.0176. The summed E-state index contributed by atoms with van der Waals surface area (Å²) < 4.78 is 29.5. The highest BCUT2D eigenvalue weighted by atomic mass is 35.5. The van der Waals surface area contributed by atoms with Crippen molar-refractivity contribution in [3.8, 4) is 11.3 Å². The lowest BCUT2D eigenvalue weighted by Crippen LogP contribution is -2.48. The molecule has 3 aromatic rings. The van der Waals surface area contributed by atoms with E-state index in [4.69, 9.17) is 33.4 Å². The topological polar surface area (TPSA) is 127 Å². The van der Waals surface area contributed by atoms with E-state index in [9.17, 15) is 18.0 Å². The number of halogens is 2. The zero-order valence-electron chi connectivity index (χ0n) is 17.1. The van der Waals surface area contributed by atoms with Crippen molar-refractivity contribution < 1.29 is 22.4 Å². The Hall–Kier alpha value is -3.08. The number of oxazole rings is 1. The van der Waals surface area contributed by atoms with Crippen LogP contribution >= 0.6 is 23.2 Å². The van der Waals surface area contributed by atoms with Gasteiger partial charge in [0, 0.05) is 23.7 Å². The Morgan fingerprint density at radius 2 is 1.73 bits per heavy atom. The summed E-state index contributed by atoms with van der Waals surface area (Å²) in [5, 5.41) is 0.580. The molecule has 0 atom stereocenters. The first-order valence-corrected chi connectivity index (χ1v) is 12.3. The molecule has 0 saturated carbocycles. The number of benzene rings is 2. The molecule has 0 radical (unpaired) electrons. The average Bonchev–Trinajstić information content (AvgIpc) is 3.19. The monoisotopic (exact) mass is 508 g/mol. The van der Waals surface area contributed by atoms with Gasteiger partial charge in [-0.25, -0.2) is 18.1 Å². The summed E-state index contributed by atoms with van der Waals surface area (Å²) in [5.74, 6) is -1.19. The van der Waals surface area contributed by atoms with Crippen molar-refractivity contribution in [2.45, 2.75) is 0 Å². The normalized spacial score (nSPS) is 15.3. The number of carbonyl (C=O) groups excluding carboxylic acids is 2. The summed E-state index contributed by atoms with van der Waals surface area (Å²) >= 11 is 12.3. The van der Waals surface area contributed by atoms with Crippen molar-refractivity contribution in [2.75, 3.05) is 29.5 Å². The van der Waals surface area contributed by atoms with Crippen molar-refractivity contribution in [1.82, 2.24) is 9.88 Å². The van der Waals surface area contributed by atoms with Crippen molar-refractivity contribution in [1.29, 1.82) is 0 Å². The highest BCUT2D eigenvalue weighted by Crippen LogP contribution is 2.37. The van der Waals surface area contributed by atoms with Gasteiger partial charge in [-0.3, -0.25) is 4.79 Å². The van der Waals surface area contributed by atoms with E-state index in [1.165, 1.54) is 11.0 Å². The van der Waals surface area contributed by atoms with Gasteiger partial charge in [0.2, 0.25) is 0 Å². The van der Waals surface area contributed by atoms with Crippen LogP contribution in [0.15, 0.2) is 52.9 Å². The SMILES string of the molecule is NC(=O)c1nc(N(C(=O)N2CCS(=O)(=O)CC2)c2ccccc2)oc1-c1ccc(Cl)cc1Cl. The zero-order chi connectivity index (χ0) is 23.8. The third-order valence-electron chi connectivity index (χ3n) is 5.04. The number of urea groups is 1. The summed E-state index contributed by atoms with van der Waals surface area (Å²) in [6, 6.07) is 12.3. The van der Waals surface area contributed by atoms with Gasteiger partial charge in [-0.1, -0.05) is 41.4 Å². The molecular formula is C21H18Cl2N4O5S. The molecule has 0 spiro atoms. The van der Waals surface area contributed by atoms with E-state index in [1.807, 2.05) is 0 Å². The van der Waals surface area contributed by atoms with Crippen LogP contribution in [0.5, 0.6) is 0 Å². The fourth-order valence-corrected chi connectivity index (χ4v) is 5.05. The number of para-hydroxylation sites is 1. The first kappa shape index (κ1) is 23.1. The summed E-state index contributed by atoms with van der Waals surface area (Å²) in [6.45, 7) is 0.0352. The summed E-state index contributed by atoms with van der Waals surface area (Å²) in [5.41, 5.74) is 6.03. The molecule has 33 heavy (non-hydrogen) atoms. The molecule has 2 N–H and O–H groups in total. The van der Waals surface area contributed by atoms with Crippen LogP contribution in [-0.4, -0.2) is 54.8 Å². The number of nitrogens with two attached hydrogens (primary N) is 1. The molecule has 0 unspecified atom stereocenters. The van der Waals surface area contributed by atoms with Gasteiger partial charge in [0.05, 0.1) is 22.2 Å². The van der Waals surface area contributed by atoms with E-state index < -0.39 is 21.8 Å². The predicted molar refractivity (Wildman–Crippen MR) is 125 cm³/mol. The number of anilines is 2. The predicted octanol–water partition coefficient (Wildman–Crippen LogP) is 3.74. The number of rotatable bonds is 4. The molecule has 12 heteroatoms. The number of nitrogens with zero attached hydrogens (tertiary/aromatic N) is 3. The number of hydrogen-bond donors (Lipinski definition) is 1. The maximum Gasteiger partial charge on any atom is 0.332 e. The first-order chi connectivity index (χ1) is 15.7. The van der Waals surface area contributed by atoms with Gasteiger partial charge in [0.25, 0.3) is 5.91 Å². The fourth-order valence-electron chi connectivity index (χ4n) is 3.35. The van der Waals surface area contributed by atoms with E-state index in [0.29, 0.717) is 16.3 Å². The van der Waals surface area contributed by atoms with Gasteiger partial charge >= 0.3 is 12.0 Å². The number of amides is 3. The Balaban J connectivity index is 1.81. The minimum atomic E-state index is -3.20. The Labute approximate surface area is 199 Å². The molecule has 3 amide bonds. The molecule has 1 fully saturated rings. The van der Waals surface area contributed by atoms with Crippen LogP contribution in [0.2, 0.25) is 10.0 Å². The second kappa shape index (κ2) is 9.05. The Morgan fingerprint density at radius 3 is 2.33 bits per heavy atom. The molecule has 2 heterocycles. The maximum absolute atomic E-state index is 13.4. The van der Waals surface area contributed by atoms with Crippen LogP contribution in [0.3, 0.4) is 0 Å². The number of carbonyl (C=O) groups is 2. The van der Waals surface area contributed by atoms with Crippen molar-refractivity contribution in [3.05, 3.63) is 64.3 Å². The molecule has 172 valence electrons. The lowest BCUT2D eigenvalue weighted by molar-refractivity contribution is 0.0996. The highest BCUT2D eigenvalue weighted by Gasteiger charge is 2.34. The van der Waals surface area contributed by atoms with E-state index in [0.717, 1.165) is 4.90 Å². The highest BCUT2D eigenvalue weighted by molar-refractivity contribution is 7.91. The second-order valence-corrected chi connectivity index (χ2v) is 10.4. The smallest absolute Gasteiger partial charge is 0.332 e. The molecule has 0 aliphatic carbocycles. The largest absolute Gasteiger partial charge is 0.422 e. The van der Waals surface area contributed by atoms with Gasteiger partial charge in [-0.2, -0.15) is 4.98 Å². The van der Waals surface area contributed by atoms with Crippen LogP contribution < -0.4 is 10.6 Å². The Bertz CT molecular complexity index is 1310. The van der Waals surface area contributed by atoms with Gasteiger partial charge < -0.3 is 15.1 Å². The van der Waals surface area contributed by atoms with Gasteiger partial charge in [-0.05, 0) is 30.3 Å². The molecule has 1 aliphatic heterocycles. The van der Waals surface area contributed by atoms with Gasteiger partial charge in [0.1, 0.15) is 0 Å². The molecular weight excluding hydrogens is 491 g/mol. The number of hydrogen-bond acceptors (Lipinski definition) is 6. The van der Waals surface area contributed by atoms with E-state index in [1.54, 1.807) is 42.5 Å². The van der Waals surface area contributed by atoms with E-state index in [-0.39, 0.29) is 47.1 Å². The van der Waals surface area contributed by atoms with E-state index >= 15 is 0 Å². The standard InChI is InChI=1S/C21H18Cl2N4O5S/c22-13-6-7-15(16(23)12-13)18-17(19(24)28)25-20(32-18)27(14-4-2-1-3-5-14)21(29)26-8-10-33(30,31)11-9-26/h1-7,12H,8-11H2,(H2,24,28).